The van der Waals surface area contributed by atoms with E-state index in [1.165, 1.54) is 16.7 Å². The molecule has 6 heteroatoms. The molecule has 1 N–H and O–H groups in total. The normalized spacial score (nSPS) is 15.4. The maximum absolute atomic E-state index is 12.9. The van der Waals surface area contributed by atoms with Gasteiger partial charge in [0.05, 0.1) is 27.4 Å². The highest BCUT2D eigenvalue weighted by Crippen LogP contribution is 2.38. The number of rotatable bonds is 8. The van der Waals surface area contributed by atoms with E-state index in [0.29, 0.717) is 17.9 Å². The second-order valence-electron chi connectivity index (χ2n) is 8.51. The second kappa shape index (κ2) is 10.6. The second-order valence-corrected chi connectivity index (χ2v) is 8.51. The average Bonchev–Trinajstić information content (AvgIpc) is 2.88. The molecule has 0 aliphatic carbocycles. The first-order chi connectivity index (χ1) is 16.5. The van der Waals surface area contributed by atoms with Crippen molar-refractivity contribution in [2.45, 2.75) is 25.9 Å². The Kier molecular flexibility index (Phi) is 7.38. The molecule has 3 aromatic rings. The standard InChI is InChI=1S/C28H32N2O4/c1-19-7-5-6-8-22(19)18-30-14-13-21-15-26(33-3)27(34-4)16-24(21)25(30)17-29-28(31)20-9-11-23(32-2)12-10-20/h5-12,15-16,25H,13-14,17-18H2,1-4H3,(H,29,31)/t25-/m1/s1. The molecule has 0 saturated carbocycles. The summed E-state index contributed by atoms with van der Waals surface area (Å²) in [6, 6.07) is 19.7. The number of aryl methyl sites for hydroxylation is 1. The quantitative estimate of drug-likeness (QED) is 0.534. The van der Waals surface area contributed by atoms with Crippen molar-refractivity contribution in [3.8, 4) is 17.2 Å². The molecule has 6 nitrogen and oxygen atoms in total. The predicted molar refractivity (Wildman–Crippen MR) is 133 cm³/mol. The Morgan fingerprint density at radius 3 is 2.35 bits per heavy atom. The van der Waals surface area contributed by atoms with Gasteiger partial charge < -0.3 is 19.5 Å². The molecule has 0 radical (unpaired) electrons. The number of carbonyl (C=O) groups excluding carboxylic acids is 1. The number of nitrogens with one attached hydrogen (secondary N) is 1. The van der Waals surface area contributed by atoms with E-state index < -0.39 is 0 Å². The van der Waals surface area contributed by atoms with Gasteiger partial charge in [0.2, 0.25) is 0 Å². The number of fused-ring (bicyclic) bond motifs is 1. The SMILES string of the molecule is COc1ccc(C(=O)NC[C@@H]2c3cc(OC)c(OC)cc3CCN2Cc2ccccc2C)cc1. The topological polar surface area (TPSA) is 60.0 Å². The van der Waals surface area contributed by atoms with Gasteiger partial charge in [0.15, 0.2) is 11.5 Å². The van der Waals surface area contributed by atoms with Gasteiger partial charge in [-0.1, -0.05) is 24.3 Å². The van der Waals surface area contributed by atoms with E-state index in [9.17, 15) is 4.79 Å². The highest BCUT2D eigenvalue weighted by Gasteiger charge is 2.30. The van der Waals surface area contributed by atoms with Gasteiger partial charge in [-0.2, -0.15) is 0 Å². The van der Waals surface area contributed by atoms with Crippen LogP contribution in [0.2, 0.25) is 0 Å². The molecule has 4 rings (SSSR count). The lowest BCUT2D eigenvalue weighted by molar-refractivity contribution is 0.0925. The van der Waals surface area contributed by atoms with Crippen LogP contribution < -0.4 is 19.5 Å². The first kappa shape index (κ1) is 23.6. The largest absolute Gasteiger partial charge is 0.497 e. The first-order valence-corrected chi connectivity index (χ1v) is 11.5. The highest BCUT2D eigenvalue weighted by atomic mass is 16.5. The smallest absolute Gasteiger partial charge is 0.251 e. The summed E-state index contributed by atoms with van der Waals surface area (Å²) in [7, 11) is 4.92. The zero-order valence-corrected chi connectivity index (χ0v) is 20.3. The van der Waals surface area contributed by atoms with E-state index in [1.54, 1.807) is 45.6 Å². The minimum Gasteiger partial charge on any atom is -0.497 e. The molecule has 0 unspecified atom stereocenters. The lowest BCUT2D eigenvalue weighted by Gasteiger charge is -2.38. The zero-order chi connectivity index (χ0) is 24.1. The van der Waals surface area contributed by atoms with Crippen LogP contribution in [-0.4, -0.2) is 45.2 Å². The molecule has 0 saturated heterocycles. The van der Waals surface area contributed by atoms with Gasteiger partial charge in [0.25, 0.3) is 5.91 Å². The number of carbonyl (C=O) groups is 1. The van der Waals surface area contributed by atoms with Crippen LogP contribution >= 0.6 is 0 Å². The summed E-state index contributed by atoms with van der Waals surface area (Å²) >= 11 is 0. The fraction of sp³-hybridized carbons (Fsp3) is 0.321. The molecule has 1 aliphatic rings. The highest BCUT2D eigenvalue weighted by molar-refractivity contribution is 5.94. The summed E-state index contributed by atoms with van der Waals surface area (Å²) in [5.41, 5.74) is 5.55. The minimum absolute atomic E-state index is 0.00496. The predicted octanol–water partition coefficient (Wildman–Crippen LogP) is 4.55. The number of benzene rings is 3. The molecule has 1 aliphatic heterocycles. The van der Waals surface area contributed by atoms with Crippen molar-refractivity contribution in [1.29, 1.82) is 0 Å². The average molecular weight is 461 g/mol. The minimum atomic E-state index is -0.105. The Bertz CT molecular complexity index is 1140. The van der Waals surface area contributed by atoms with Gasteiger partial charge >= 0.3 is 0 Å². The summed E-state index contributed by atoms with van der Waals surface area (Å²) in [6.07, 6.45) is 0.907. The Morgan fingerprint density at radius 2 is 1.68 bits per heavy atom. The van der Waals surface area contributed by atoms with E-state index in [1.807, 2.05) is 0 Å². The molecule has 3 aromatic carbocycles. The summed E-state index contributed by atoms with van der Waals surface area (Å²) in [5, 5.41) is 3.15. The van der Waals surface area contributed by atoms with Crippen molar-refractivity contribution in [1.82, 2.24) is 10.2 Å². The Balaban J connectivity index is 1.62. The third-order valence-corrected chi connectivity index (χ3v) is 6.56. The Hall–Kier alpha value is -3.51. The van der Waals surface area contributed by atoms with E-state index in [0.717, 1.165) is 36.6 Å². The van der Waals surface area contributed by atoms with Crippen LogP contribution in [-0.2, 0) is 13.0 Å². The van der Waals surface area contributed by atoms with Crippen molar-refractivity contribution in [2.75, 3.05) is 34.4 Å². The van der Waals surface area contributed by atoms with Gasteiger partial charge in [0.1, 0.15) is 5.75 Å². The van der Waals surface area contributed by atoms with E-state index in [-0.39, 0.29) is 11.9 Å². The van der Waals surface area contributed by atoms with Gasteiger partial charge in [-0.25, -0.2) is 0 Å². The maximum Gasteiger partial charge on any atom is 0.251 e. The number of ether oxygens (including phenoxy) is 3. The molecular formula is C28H32N2O4. The molecule has 0 aromatic heterocycles. The van der Waals surface area contributed by atoms with Gasteiger partial charge in [-0.15, -0.1) is 0 Å². The lowest BCUT2D eigenvalue weighted by atomic mass is 9.91. The van der Waals surface area contributed by atoms with E-state index >= 15 is 0 Å². The van der Waals surface area contributed by atoms with Gasteiger partial charge in [-0.05, 0) is 72.0 Å². The van der Waals surface area contributed by atoms with Gasteiger partial charge in [0, 0.05) is 25.2 Å². The third kappa shape index (κ3) is 5.02. The number of hydrogen-bond donors (Lipinski definition) is 1. The fourth-order valence-electron chi connectivity index (χ4n) is 4.55. The van der Waals surface area contributed by atoms with Crippen LogP contribution in [0.25, 0.3) is 0 Å². The van der Waals surface area contributed by atoms with Crippen molar-refractivity contribution in [3.05, 3.63) is 88.5 Å². The summed E-state index contributed by atoms with van der Waals surface area (Å²) in [5.74, 6) is 2.05. The summed E-state index contributed by atoms with van der Waals surface area (Å²) < 4.78 is 16.3. The van der Waals surface area contributed by atoms with Crippen LogP contribution in [0.15, 0.2) is 60.7 Å². The van der Waals surface area contributed by atoms with Crippen molar-refractivity contribution in [2.24, 2.45) is 0 Å². The van der Waals surface area contributed by atoms with Crippen molar-refractivity contribution in [3.63, 3.8) is 0 Å². The van der Waals surface area contributed by atoms with Crippen LogP contribution in [0.1, 0.15) is 38.7 Å². The number of nitrogens with zero attached hydrogens (tertiary/aromatic N) is 1. The van der Waals surface area contributed by atoms with Crippen LogP contribution in [0.5, 0.6) is 17.2 Å². The molecule has 1 amide bonds. The molecule has 1 atom stereocenters. The van der Waals surface area contributed by atoms with Crippen molar-refractivity contribution < 1.29 is 19.0 Å². The van der Waals surface area contributed by atoms with Crippen molar-refractivity contribution >= 4 is 5.91 Å². The molecule has 178 valence electrons. The van der Waals surface area contributed by atoms with E-state index in [4.69, 9.17) is 14.2 Å². The van der Waals surface area contributed by atoms with Crippen LogP contribution in [0, 0.1) is 6.92 Å². The maximum atomic E-state index is 12.9. The molecule has 0 bridgehead atoms. The lowest BCUT2D eigenvalue weighted by Crippen LogP contribution is -2.42. The first-order valence-electron chi connectivity index (χ1n) is 11.5. The third-order valence-electron chi connectivity index (χ3n) is 6.56. The Morgan fingerprint density at radius 1 is 0.971 bits per heavy atom. The molecular weight excluding hydrogens is 428 g/mol. The zero-order valence-electron chi connectivity index (χ0n) is 20.3. The number of amides is 1. The molecule has 1 heterocycles. The number of methoxy groups -OCH3 is 3. The fourth-order valence-corrected chi connectivity index (χ4v) is 4.55. The number of hydrogen-bond acceptors (Lipinski definition) is 5. The van der Waals surface area contributed by atoms with E-state index in [2.05, 4.69) is 53.5 Å². The van der Waals surface area contributed by atoms with Crippen LogP contribution in [0.4, 0.5) is 0 Å². The summed E-state index contributed by atoms with van der Waals surface area (Å²) in [6.45, 7) is 4.32. The Labute approximate surface area is 201 Å². The monoisotopic (exact) mass is 460 g/mol. The molecule has 0 fully saturated rings. The summed E-state index contributed by atoms with van der Waals surface area (Å²) in [4.78, 5) is 15.4. The molecule has 0 spiro atoms. The van der Waals surface area contributed by atoms with Crippen LogP contribution in [0.3, 0.4) is 0 Å². The molecule has 34 heavy (non-hydrogen) atoms. The van der Waals surface area contributed by atoms with Gasteiger partial charge in [-0.3, -0.25) is 9.69 Å².